The monoisotopic (exact) mass is 499 g/mol. The van der Waals surface area contributed by atoms with Crippen molar-refractivity contribution in [3.05, 3.63) is 59.5 Å². The van der Waals surface area contributed by atoms with Crippen LogP contribution in [0.25, 0.3) is 11.3 Å². The smallest absolute Gasteiger partial charge is 0.257 e. The van der Waals surface area contributed by atoms with Gasteiger partial charge < -0.3 is 4.74 Å². The molecule has 0 radical (unpaired) electrons. The second-order valence-electron chi connectivity index (χ2n) is 8.15. The molecule has 0 aliphatic carbocycles. The molecule has 0 spiro atoms. The van der Waals surface area contributed by atoms with Crippen LogP contribution in [0.1, 0.15) is 49.9 Å². The number of hydrogen-bond acceptors (Lipinski definition) is 6. The lowest BCUT2D eigenvalue weighted by Gasteiger charge is -2.34. The van der Waals surface area contributed by atoms with Gasteiger partial charge in [0.25, 0.3) is 5.91 Å². The highest BCUT2D eigenvalue weighted by atomic mass is 32.2. The molecule has 1 aliphatic rings. The van der Waals surface area contributed by atoms with Gasteiger partial charge in [-0.3, -0.25) is 10.1 Å². The van der Waals surface area contributed by atoms with Crippen molar-refractivity contribution in [1.82, 2.24) is 9.29 Å². The van der Waals surface area contributed by atoms with Gasteiger partial charge in [0, 0.05) is 29.1 Å². The number of sulfonamides is 1. The third-order valence-electron chi connectivity index (χ3n) is 5.95. The number of ether oxygens (including phenoxy) is 1. The van der Waals surface area contributed by atoms with Crippen LogP contribution in [0.5, 0.6) is 5.75 Å². The largest absolute Gasteiger partial charge is 0.494 e. The summed E-state index contributed by atoms with van der Waals surface area (Å²) in [7, 11) is -3.58. The molecule has 2 aromatic carbocycles. The Morgan fingerprint density at radius 1 is 1.12 bits per heavy atom. The van der Waals surface area contributed by atoms with E-state index in [1.165, 1.54) is 23.5 Å². The van der Waals surface area contributed by atoms with Crippen LogP contribution in [0, 0.1) is 0 Å². The van der Waals surface area contributed by atoms with E-state index in [9.17, 15) is 13.2 Å². The van der Waals surface area contributed by atoms with E-state index < -0.39 is 10.0 Å². The van der Waals surface area contributed by atoms with Gasteiger partial charge in [0.2, 0.25) is 10.0 Å². The van der Waals surface area contributed by atoms with Gasteiger partial charge >= 0.3 is 0 Å². The number of benzene rings is 2. The van der Waals surface area contributed by atoms with E-state index in [0.717, 1.165) is 42.7 Å². The minimum Gasteiger partial charge on any atom is -0.494 e. The van der Waals surface area contributed by atoms with E-state index >= 15 is 0 Å². The maximum Gasteiger partial charge on any atom is 0.257 e. The molecule has 1 N–H and O–H groups in total. The van der Waals surface area contributed by atoms with Gasteiger partial charge in [0.15, 0.2) is 5.13 Å². The predicted octanol–water partition coefficient (Wildman–Crippen LogP) is 5.41. The highest BCUT2D eigenvalue weighted by molar-refractivity contribution is 7.89. The normalized spacial score (nSPS) is 16.8. The molecule has 9 heteroatoms. The van der Waals surface area contributed by atoms with Gasteiger partial charge in [-0.2, -0.15) is 4.31 Å². The molecule has 4 rings (SSSR count). The quantitative estimate of drug-likeness (QED) is 0.447. The summed E-state index contributed by atoms with van der Waals surface area (Å²) in [5, 5.41) is 5.16. The maximum atomic E-state index is 13.1. The molecule has 34 heavy (non-hydrogen) atoms. The first-order valence-electron chi connectivity index (χ1n) is 11.5. The highest BCUT2D eigenvalue weighted by Crippen LogP contribution is 2.28. The number of nitrogens with zero attached hydrogens (tertiary/aromatic N) is 2. The molecular weight excluding hydrogens is 470 g/mol. The number of hydrogen-bond donors (Lipinski definition) is 1. The van der Waals surface area contributed by atoms with Crippen molar-refractivity contribution in [2.24, 2.45) is 0 Å². The first-order valence-corrected chi connectivity index (χ1v) is 13.9. The summed E-state index contributed by atoms with van der Waals surface area (Å²) in [4.78, 5) is 17.4. The van der Waals surface area contributed by atoms with E-state index in [2.05, 4.69) is 10.3 Å². The minimum absolute atomic E-state index is 0.0381. The molecule has 2 heterocycles. The molecule has 1 amide bonds. The van der Waals surface area contributed by atoms with Gasteiger partial charge in [0.05, 0.1) is 17.2 Å². The second kappa shape index (κ2) is 10.7. The minimum atomic E-state index is -3.58. The number of thiazole rings is 1. The first kappa shape index (κ1) is 24.4. The number of aromatic nitrogens is 1. The van der Waals surface area contributed by atoms with Crippen LogP contribution in [0.3, 0.4) is 0 Å². The summed E-state index contributed by atoms with van der Waals surface area (Å²) in [6.07, 6.45) is 3.62. The fourth-order valence-electron chi connectivity index (χ4n) is 4.13. The van der Waals surface area contributed by atoms with Crippen molar-refractivity contribution in [3.63, 3.8) is 0 Å². The topological polar surface area (TPSA) is 88.6 Å². The Kier molecular flexibility index (Phi) is 7.65. The number of piperidine rings is 1. The molecule has 0 saturated carbocycles. The lowest BCUT2D eigenvalue weighted by atomic mass is 10.0. The van der Waals surface area contributed by atoms with Crippen LogP contribution >= 0.6 is 11.3 Å². The highest BCUT2D eigenvalue weighted by Gasteiger charge is 2.32. The van der Waals surface area contributed by atoms with Crippen LogP contribution in [0.4, 0.5) is 5.13 Å². The van der Waals surface area contributed by atoms with Gasteiger partial charge in [-0.05, 0) is 74.7 Å². The first-order chi connectivity index (χ1) is 16.4. The maximum absolute atomic E-state index is 13.1. The van der Waals surface area contributed by atoms with Gasteiger partial charge in [-0.1, -0.05) is 13.3 Å². The number of carbonyl (C=O) groups is 1. The average Bonchev–Trinajstić information content (AvgIpc) is 3.33. The van der Waals surface area contributed by atoms with E-state index in [1.807, 2.05) is 43.5 Å². The van der Waals surface area contributed by atoms with E-state index in [1.54, 1.807) is 16.4 Å². The Morgan fingerprint density at radius 2 is 1.85 bits per heavy atom. The molecular formula is C25H29N3O4S2. The van der Waals surface area contributed by atoms with Crippen molar-refractivity contribution in [2.75, 3.05) is 18.5 Å². The Labute approximate surface area is 204 Å². The molecule has 1 unspecified atom stereocenters. The number of anilines is 1. The van der Waals surface area contributed by atoms with Gasteiger partial charge in [0.1, 0.15) is 5.75 Å². The lowest BCUT2D eigenvalue weighted by molar-refractivity contribution is 0.102. The number of carbonyl (C=O) groups excluding carboxylic acids is 1. The van der Waals surface area contributed by atoms with Gasteiger partial charge in [-0.25, -0.2) is 13.4 Å². The molecule has 1 fully saturated rings. The molecule has 1 atom stereocenters. The lowest BCUT2D eigenvalue weighted by Crippen LogP contribution is -2.43. The summed E-state index contributed by atoms with van der Waals surface area (Å²) in [5.41, 5.74) is 2.07. The third-order valence-corrected chi connectivity index (χ3v) is 8.68. The van der Waals surface area contributed by atoms with E-state index in [4.69, 9.17) is 4.74 Å². The van der Waals surface area contributed by atoms with Crippen molar-refractivity contribution in [3.8, 4) is 17.0 Å². The molecule has 0 bridgehead atoms. The Hall–Kier alpha value is -2.75. The number of amides is 1. The Bertz CT molecular complexity index is 1220. The Morgan fingerprint density at radius 3 is 2.53 bits per heavy atom. The fourth-order valence-corrected chi connectivity index (χ4v) is 6.62. The predicted molar refractivity (Wildman–Crippen MR) is 135 cm³/mol. The summed E-state index contributed by atoms with van der Waals surface area (Å²) < 4.78 is 33.3. The van der Waals surface area contributed by atoms with Crippen molar-refractivity contribution in [1.29, 1.82) is 0 Å². The molecule has 1 aromatic heterocycles. The molecule has 7 nitrogen and oxygen atoms in total. The van der Waals surface area contributed by atoms with Crippen LogP contribution in [0.15, 0.2) is 58.8 Å². The molecule has 1 aliphatic heterocycles. The summed E-state index contributed by atoms with van der Waals surface area (Å²) in [6.45, 7) is 5.11. The second-order valence-corrected chi connectivity index (χ2v) is 10.9. The van der Waals surface area contributed by atoms with Gasteiger partial charge in [-0.15, -0.1) is 11.3 Å². The molecule has 1 saturated heterocycles. The van der Waals surface area contributed by atoms with Crippen LogP contribution in [-0.4, -0.2) is 42.8 Å². The Balaban J connectivity index is 1.43. The van der Waals surface area contributed by atoms with Crippen molar-refractivity contribution in [2.45, 2.75) is 50.5 Å². The molecule has 180 valence electrons. The molecule has 3 aromatic rings. The van der Waals surface area contributed by atoms with Crippen molar-refractivity contribution >= 4 is 32.4 Å². The zero-order valence-corrected chi connectivity index (χ0v) is 21.0. The summed E-state index contributed by atoms with van der Waals surface area (Å²) in [6, 6.07) is 13.8. The zero-order chi connectivity index (χ0) is 24.1. The fraction of sp³-hybridized carbons (Fsp3) is 0.360. The van der Waals surface area contributed by atoms with Crippen LogP contribution in [0.2, 0.25) is 0 Å². The van der Waals surface area contributed by atoms with Crippen molar-refractivity contribution < 1.29 is 17.9 Å². The van der Waals surface area contributed by atoms with E-state index in [0.29, 0.717) is 23.8 Å². The van der Waals surface area contributed by atoms with Crippen LogP contribution < -0.4 is 10.1 Å². The third kappa shape index (κ3) is 5.32. The van der Waals surface area contributed by atoms with E-state index in [-0.39, 0.29) is 16.8 Å². The van der Waals surface area contributed by atoms with Crippen LogP contribution in [-0.2, 0) is 10.0 Å². The summed E-state index contributed by atoms with van der Waals surface area (Å²) in [5.74, 6) is 0.465. The summed E-state index contributed by atoms with van der Waals surface area (Å²) >= 11 is 1.33. The standard InChI is InChI=1S/C25H29N3O4S2/c1-3-20-7-5-6-16-28(20)34(30,31)22-14-10-19(11-15-22)24(29)27-25-26-23(17-33-25)18-8-12-21(13-9-18)32-4-2/h8-15,17,20H,3-7,16H2,1-2H3,(H,26,27,29). The number of nitrogens with one attached hydrogen (secondary N) is 1. The zero-order valence-electron chi connectivity index (χ0n) is 19.4. The average molecular weight is 500 g/mol. The SMILES string of the molecule is CCOc1ccc(-c2csc(NC(=O)c3ccc(S(=O)(=O)N4CCCCC4CC)cc3)n2)cc1. The number of rotatable bonds is 8.